The maximum atomic E-state index is 13.8. The number of anilines is 2. The second-order valence-electron chi connectivity index (χ2n) is 4.10. The van der Waals surface area contributed by atoms with E-state index in [1.807, 2.05) is 6.07 Å². The highest BCUT2D eigenvalue weighted by atomic mass is 19.1. The van der Waals surface area contributed by atoms with Crippen molar-refractivity contribution in [3.8, 4) is 11.8 Å². The summed E-state index contributed by atoms with van der Waals surface area (Å²) in [5.41, 5.74) is 1.09. The maximum Gasteiger partial charge on any atom is 0.323 e. The summed E-state index contributed by atoms with van der Waals surface area (Å²) < 4.78 is 13.8. The van der Waals surface area contributed by atoms with Gasteiger partial charge in [-0.15, -0.1) is 0 Å². The predicted molar refractivity (Wildman–Crippen MR) is 79.4 cm³/mol. The molecular formula is C16H13FN2O2. The Labute approximate surface area is 121 Å². The highest BCUT2D eigenvalue weighted by Gasteiger charge is 2.07. The van der Waals surface area contributed by atoms with Crippen LogP contribution in [-0.2, 0) is 0 Å². The van der Waals surface area contributed by atoms with Crippen molar-refractivity contribution in [1.82, 2.24) is 0 Å². The van der Waals surface area contributed by atoms with Crippen LogP contribution in [0.1, 0.15) is 5.56 Å². The van der Waals surface area contributed by atoms with Gasteiger partial charge in [-0.1, -0.05) is 30.0 Å². The van der Waals surface area contributed by atoms with E-state index >= 15 is 0 Å². The molecule has 0 bridgehead atoms. The van der Waals surface area contributed by atoms with Crippen molar-refractivity contribution in [2.75, 3.05) is 17.2 Å². The third-order valence-corrected chi connectivity index (χ3v) is 2.56. The SMILES string of the molecule is O=C(Nc1ccccc1)Nc1ccc(C#CCO)cc1F. The first-order valence-electron chi connectivity index (χ1n) is 6.21. The predicted octanol–water partition coefficient (Wildman–Crippen LogP) is 2.81. The Kier molecular flexibility index (Phi) is 4.91. The lowest BCUT2D eigenvalue weighted by Crippen LogP contribution is -2.20. The maximum absolute atomic E-state index is 13.8. The van der Waals surface area contributed by atoms with Crippen molar-refractivity contribution in [3.63, 3.8) is 0 Å². The fraction of sp³-hybridized carbons (Fsp3) is 0.0625. The van der Waals surface area contributed by atoms with Gasteiger partial charge in [0.15, 0.2) is 0 Å². The number of urea groups is 1. The topological polar surface area (TPSA) is 61.4 Å². The van der Waals surface area contributed by atoms with Crippen molar-refractivity contribution in [2.45, 2.75) is 0 Å². The number of para-hydroxylation sites is 1. The van der Waals surface area contributed by atoms with Crippen molar-refractivity contribution < 1.29 is 14.3 Å². The molecule has 5 heteroatoms. The van der Waals surface area contributed by atoms with Gasteiger partial charge in [0, 0.05) is 11.3 Å². The first kappa shape index (κ1) is 14.6. The average molecular weight is 284 g/mol. The van der Waals surface area contributed by atoms with Gasteiger partial charge in [0.25, 0.3) is 0 Å². The highest BCUT2D eigenvalue weighted by molar-refractivity contribution is 5.99. The number of rotatable bonds is 2. The summed E-state index contributed by atoms with van der Waals surface area (Å²) in [7, 11) is 0. The average Bonchev–Trinajstić information content (AvgIpc) is 2.48. The first-order chi connectivity index (χ1) is 10.2. The quantitative estimate of drug-likeness (QED) is 0.743. The molecular weight excluding hydrogens is 271 g/mol. The monoisotopic (exact) mass is 284 g/mol. The zero-order chi connectivity index (χ0) is 15.1. The zero-order valence-electron chi connectivity index (χ0n) is 11.1. The minimum Gasteiger partial charge on any atom is -0.384 e. The molecule has 0 radical (unpaired) electrons. The Morgan fingerprint density at radius 3 is 2.57 bits per heavy atom. The minimum absolute atomic E-state index is 0.0537. The molecule has 0 unspecified atom stereocenters. The Bertz CT molecular complexity index is 690. The van der Waals surface area contributed by atoms with Gasteiger partial charge in [-0.05, 0) is 30.3 Å². The van der Waals surface area contributed by atoms with E-state index in [1.165, 1.54) is 12.1 Å². The van der Waals surface area contributed by atoms with Crippen LogP contribution in [-0.4, -0.2) is 17.7 Å². The van der Waals surface area contributed by atoms with Gasteiger partial charge in [0.1, 0.15) is 12.4 Å². The van der Waals surface area contributed by atoms with E-state index in [9.17, 15) is 9.18 Å². The number of hydrogen-bond acceptors (Lipinski definition) is 2. The molecule has 0 saturated carbocycles. The van der Waals surface area contributed by atoms with Crippen LogP contribution in [0.2, 0.25) is 0 Å². The molecule has 2 aromatic carbocycles. The van der Waals surface area contributed by atoms with E-state index in [-0.39, 0.29) is 12.3 Å². The number of nitrogens with one attached hydrogen (secondary N) is 2. The smallest absolute Gasteiger partial charge is 0.323 e. The molecule has 3 N–H and O–H groups in total. The molecule has 0 aliphatic carbocycles. The number of carbonyl (C=O) groups is 1. The first-order valence-corrected chi connectivity index (χ1v) is 6.21. The standard InChI is InChI=1S/C16H13FN2O2/c17-14-11-12(5-4-10-20)8-9-15(14)19-16(21)18-13-6-2-1-3-7-13/h1-3,6-9,11,20H,10H2,(H2,18,19,21). The van der Waals surface area contributed by atoms with Crippen LogP contribution < -0.4 is 10.6 Å². The molecule has 0 spiro atoms. The normalized spacial score (nSPS) is 9.43. The molecule has 0 heterocycles. The second-order valence-corrected chi connectivity index (χ2v) is 4.10. The fourth-order valence-corrected chi connectivity index (χ4v) is 1.64. The number of carbonyl (C=O) groups excluding carboxylic acids is 1. The molecule has 0 atom stereocenters. The van der Waals surface area contributed by atoms with Crippen LogP contribution >= 0.6 is 0 Å². The number of benzene rings is 2. The summed E-state index contributed by atoms with van der Waals surface area (Å²) in [6.07, 6.45) is 0. The summed E-state index contributed by atoms with van der Waals surface area (Å²) in [4.78, 5) is 11.7. The van der Waals surface area contributed by atoms with Gasteiger partial charge in [0.2, 0.25) is 0 Å². The molecule has 2 rings (SSSR count). The Morgan fingerprint density at radius 2 is 1.90 bits per heavy atom. The molecule has 2 amide bonds. The van der Waals surface area contributed by atoms with Gasteiger partial charge in [-0.3, -0.25) is 0 Å². The second kappa shape index (κ2) is 7.08. The number of aliphatic hydroxyl groups excluding tert-OH is 1. The van der Waals surface area contributed by atoms with Gasteiger partial charge in [-0.25, -0.2) is 9.18 Å². The number of halogens is 1. The van der Waals surface area contributed by atoms with E-state index in [0.717, 1.165) is 0 Å². The Hall–Kier alpha value is -2.84. The van der Waals surface area contributed by atoms with E-state index in [1.54, 1.807) is 30.3 Å². The zero-order valence-corrected chi connectivity index (χ0v) is 11.1. The third-order valence-electron chi connectivity index (χ3n) is 2.56. The molecule has 0 saturated heterocycles. The summed E-state index contributed by atoms with van der Waals surface area (Å²) in [6.45, 7) is -0.291. The molecule has 0 aliphatic heterocycles. The van der Waals surface area contributed by atoms with E-state index in [0.29, 0.717) is 11.3 Å². The number of hydrogen-bond donors (Lipinski definition) is 3. The van der Waals surface area contributed by atoms with Gasteiger partial charge in [0.05, 0.1) is 5.69 Å². The third kappa shape index (κ3) is 4.34. The molecule has 2 aromatic rings. The molecule has 0 aliphatic rings. The summed E-state index contributed by atoms with van der Waals surface area (Å²) in [5, 5.41) is 13.6. The Morgan fingerprint density at radius 1 is 1.14 bits per heavy atom. The lowest BCUT2D eigenvalue weighted by molar-refractivity contribution is 0.262. The lowest BCUT2D eigenvalue weighted by Gasteiger charge is -2.08. The molecule has 21 heavy (non-hydrogen) atoms. The Balaban J connectivity index is 2.04. The van der Waals surface area contributed by atoms with Crippen LogP contribution in [0.4, 0.5) is 20.6 Å². The number of amides is 2. The lowest BCUT2D eigenvalue weighted by atomic mass is 10.2. The van der Waals surface area contributed by atoms with E-state index in [4.69, 9.17) is 5.11 Å². The molecule has 0 aromatic heterocycles. The molecule has 0 fully saturated rings. The highest BCUT2D eigenvalue weighted by Crippen LogP contribution is 2.16. The van der Waals surface area contributed by atoms with Crippen molar-refractivity contribution in [1.29, 1.82) is 0 Å². The van der Waals surface area contributed by atoms with Crippen molar-refractivity contribution in [3.05, 3.63) is 59.9 Å². The van der Waals surface area contributed by atoms with Crippen LogP contribution in [0.5, 0.6) is 0 Å². The largest absolute Gasteiger partial charge is 0.384 e. The van der Waals surface area contributed by atoms with E-state index < -0.39 is 11.8 Å². The van der Waals surface area contributed by atoms with Crippen LogP contribution in [0.25, 0.3) is 0 Å². The number of aliphatic hydroxyl groups is 1. The minimum atomic E-state index is -0.594. The van der Waals surface area contributed by atoms with Crippen molar-refractivity contribution >= 4 is 17.4 Å². The van der Waals surface area contributed by atoms with Crippen molar-refractivity contribution in [2.24, 2.45) is 0 Å². The fourth-order valence-electron chi connectivity index (χ4n) is 1.64. The van der Waals surface area contributed by atoms with E-state index in [2.05, 4.69) is 22.5 Å². The molecule has 4 nitrogen and oxygen atoms in total. The van der Waals surface area contributed by atoms with Crippen LogP contribution in [0.15, 0.2) is 48.5 Å². The summed E-state index contributed by atoms with van der Waals surface area (Å²) in [6, 6.07) is 12.5. The summed E-state index contributed by atoms with van der Waals surface area (Å²) >= 11 is 0. The van der Waals surface area contributed by atoms with Gasteiger partial charge < -0.3 is 15.7 Å². The van der Waals surface area contributed by atoms with Gasteiger partial charge >= 0.3 is 6.03 Å². The summed E-state index contributed by atoms with van der Waals surface area (Å²) in [5.74, 6) is 4.42. The van der Waals surface area contributed by atoms with Crippen LogP contribution in [0, 0.1) is 17.7 Å². The molecule has 106 valence electrons. The van der Waals surface area contributed by atoms with Gasteiger partial charge in [-0.2, -0.15) is 0 Å². The van der Waals surface area contributed by atoms with Crippen LogP contribution in [0.3, 0.4) is 0 Å².